The summed E-state index contributed by atoms with van der Waals surface area (Å²) in [5.41, 5.74) is 1.65. The highest BCUT2D eigenvalue weighted by molar-refractivity contribution is 14.0. The molecule has 0 aliphatic heterocycles. The number of thiophene rings is 1. The predicted molar refractivity (Wildman–Crippen MR) is 126 cm³/mol. The van der Waals surface area contributed by atoms with E-state index < -0.39 is 11.7 Å². The van der Waals surface area contributed by atoms with Gasteiger partial charge in [-0.15, -0.1) is 24.0 Å². The van der Waals surface area contributed by atoms with E-state index in [1.807, 2.05) is 56.5 Å². The van der Waals surface area contributed by atoms with Crippen molar-refractivity contribution in [3.05, 3.63) is 58.3 Å². The monoisotopic (exact) mass is 516 g/mol. The maximum atomic E-state index is 12.2. The molecule has 3 N–H and O–H groups in total. The minimum atomic E-state index is -0.545. The van der Waals surface area contributed by atoms with E-state index in [0.717, 1.165) is 5.56 Å². The lowest BCUT2D eigenvalue weighted by Crippen LogP contribution is -2.44. The van der Waals surface area contributed by atoms with Crippen molar-refractivity contribution in [3.8, 4) is 0 Å². The molecule has 1 aromatic heterocycles. The minimum Gasteiger partial charge on any atom is -0.444 e. The highest BCUT2D eigenvalue weighted by Crippen LogP contribution is 2.14. The van der Waals surface area contributed by atoms with E-state index in [-0.39, 0.29) is 30.0 Å². The van der Waals surface area contributed by atoms with E-state index in [1.165, 1.54) is 5.56 Å². The lowest BCUT2D eigenvalue weighted by atomic mass is 10.1. The highest BCUT2D eigenvalue weighted by atomic mass is 127. The van der Waals surface area contributed by atoms with E-state index in [2.05, 4.69) is 32.4 Å². The van der Waals surface area contributed by atoms with Gasteiger partial charge >= 0.3 is 6.09 Å². The molecule has 28 heavy (non-hydrogen) atoms. The largest absolute Gasteiger partial charge is 0.444 e. The Morgan fingerprint density at radius 3 is 2.46 bits per heavy atom. The fourth-order valence-electron chi connectivity index (χ4n) is 2.39. The van der Waals surface area contributed by atoms with Crippen LogP contribution in [-0.4, -0.2) is 31.2 Å². The Labute approximate surface area is 188 Å². The van der Waals surface area contributed by atoms with Gasteiger partial charge in [0.15, 0.2) is 5.96 Å². The molecule has 8 heteroatoms. The summed E-state index contributed by atoms with van der Waals surface area (Å²) in [6, 6.07) is 11.6. The number of carbonyl (C=O) groups excluding carboxylic acids is 1. The molecule has 0 aliphatic rings. The highest BCUT2D eigenvalue weighted by Gasteiger charge is 2.20. The maximum Gasteiger partial charge on any atom is 0.408 e. The quantitative estimate of drug-likeness (QED) is 0.304. The van der Waals surface area contributed by atoms with Crippen LogP contribution < -0.4 is 16.0 Å². The van der Waals surface area contributed by atoms with Crippen LogP contribution in [-0.2, 0) is 11.3 Å². The fraction of sp³-hybridized carbons (Fsp3) is 0.400. The lowest BCUT2D eigenvalue weighted by molar-refractivity contribution is 0.0504. The van der Waals surface area contributed by atoms with Crippen molar-refractivity contribution in [2.75, 3.05) is 13.6 Å². The smallest absolute Gasteiger partial charge is 0.408 e. The van der Waals surface area contributed by atoms with Crippen molar-refractivity contribution < 1.29 is 9.53 Å². The van der Waals surface area contributed by atoms with Gasteiger partial charge in [0.25, 0.3) is 0 Å². The Morgan fingerprint density at radius 1 is 1.18 bits per heavy atom. The zero-order valence-corrected chi connectivity index (χ0v) is 19.8. The molecule has 0 spiro atoms. The first-order valence-electron chi connectivity index (χ1n) is 8.87. The molecule has 0 radical (unpaired) electrons. The number of nitrogens with one attached hydrogen (secondary N) is 3. The van der Waals surface area contributed by atoms with Crippen LogP contribution in [0.4, 0.5) is 4.79 Å². The number of guanidine groups is 1. The number of benzene rings is 1. The SMILES string of the molecule is CN=C(NCc1ccsc1)NCC(NC(=O)OC(C)(C)C)c1ccccc1.I. The number of halogens is 1. The second-order valence-electron chi connectivity index (χ2n) is 7.05. The van der Waals surface area contributed by atoms with Gasteiger partial charge in [-0.3, -0.25) is 4.99 Å². The van der Waals surface area contributed by atoms with Crippen LogP contribution in [0.15, 0.2) is 52.2 Å². The number of hydrogen-bond donors (Lipinski definition) is 3. The Morgan fingerprint density at radius 2 is 1.89 bits per heavy atom. The van der Waals surface area contributed by atoms with Crippen LogP contribution >= 0.6 is 35.3 Å². The van der Waals surface area contributed by atoms with Crippen molar-refractivity contribution in [1.82, 2.24) is 16.0 Å². The molecule has 6 nitrogen and oxygen atoms in total. The second-order valence-corrected chi connectivity index (χ2v) is 7.83. The lowest BCUT2D eigenvalue weighted by Gasteiger charge is -2.24. The number of nitrogens with zero attached hydrogens (tertiary/aromatic N) is 1. The summed E-state index contributed by atoms with van der Waals surface area (Å²) < 4.78 is 5.40. The van der Waals surface area contributed by atoms with Crippen LogP contribution in [0.3, 0.4) is 0 Å². The first-order valence-corrected chi connectivity index (χ1v) is 9.82. The number of alkyl carbamates (subject to hydrolysis) is 1. The zero-order chi connectivity index (χ0) is 19.7. The number of rotatable bonds is 6. The van der Waals surface area contributed by atoms with Crippen LogP contribution in [0.1, 0.15) is 37.9 Å². The number of carbonyl (C=O) groups is 1. The summed E-state index contributed by atoms with van der Waals surface area (Å²) in [6.45, 7) is 6.71. The van der Waals surface area contributed by atoms with Gasteiger partial charge in [0.2, 0.25) is 0 Å². The number of amides is 1. The van der Waals surface area contributed by atoms with Gasteiger partial charge in [-0.05, 0) is 48.7 Å². The standard InChI is InChI=1S/C20H28N4O2S.HI/c1-20(2,3)26-19(25)24-17(16-8-6-5-7-9-16)13-23-18(21-4)22-12-15-10-11-27-14-15;/h5-11,14,17H,12-13H2,1-4H3,(H,24,25)(H2,21,22,23);1H. The van der Waals surface area contributed by atoms with Crippen LogP contribution in [0.2, 0.25) is 0 Å². The van der Waals surface area contributed by atoms with E-state index in [1.54, 1.807) is 18.4 Å². The van der Waals surface area contributed by atoms with Crippen molar-refractivity contribution in [3.63, 3.8) is 0 Å². The molecule has 1 atom stereocenters. The van der Waals surface area contributed by atoms with Crippen LogP contribution in [0, 0.1) is 0 Å². The third-order valence-corrected chi connectivity index (χ3v) is 4.36. The van der Waals surface area contributed by atoms with Gasteiger partial charge in [0.05, 0.1) is 6.04 Å². The molecule has 2 rings (SSSR count). The third kappa shape index (κ3) is 8.92. The Bertz CT molecular complexity index is 730. The molecule has 0 bridgehead atoms. The van der Waals surface area contributed by atoms with E-state index in [4.69, 9.17) is 4.74 Å². The van der Waals surface area contributed by atoms with E-state index >= 15 is 0 Å². The van der Waals surface area contributed by atoms with Gasteiger partial charge in [0.1, 0.15) is 5.60 Å². The summed E-state index contributed by atoms with van der Waals surface area (Å²) in [4.78, 5) is 16.5. The van der Waals surface area contributed by atoms with Gasteiger partial charge in [-0.1, -0.05) is 30.3 Å². The van der Waals surface area contributed by atoms with Gasteiger partial charge < -0.3 is 20.7 Å². The molecule has 0 saturated heterocycles. The van der Waals surface area contributed by atoms with Crippen molar-refractivity contribution in [1.29, 1.82) is 0 Å². The zero-order valence-electron chi connectivity index (χ0n) is 16.7. The summed E-state index contributed by atoms with van der Waals surface area (Å²) >= 11 is 1.66. The molecular weight excluding hydrogens is 487 g/mol. The van der Waals surface area contributed by atoms with E-state index in [0.29, 0.717) is 19.0 Å². The molecule has 0 aliphatic carbocycles. The molecule has 1 amide bonds. The van der Waals surface area contributed by atoms with E-state index in [9.17, 15) is 4.79 Å². The molecule has 2 aromatic rings. The fourth-order valence-corrected chi connectivity index (χ4v) is 3.05. The summed E-state index contributed by atoms with van der Waals surface area (Å²) in [5, 5.41) is 13.6. The summed E-state index contributed by atoms with van der Waals surface area (Å²) in [7, 11) is 1.72. The maximum absolute atomic E-state index is 12.2. The molecule has 1 unspecified atom stereocenters. The van der Waals surface area contributed by atoms with Crippen molar-refractivity contribution in [2.45, 2.75) is 39.0 Å². The Hall–Kier alpha value is -1.81. The van der Waals surface area contributed by atoms with Gasteiger partial charge in [-0.25, -0.2) is 4.79 Å². The summed E-state index contributed by atoms with van der Waals surface area (Å²) in [6.07, 6.45) is -0.445. The van der Waals surface area contributed by atoms with Crippen molar-refractivity contribution in [2.24, 2.45) is 4.99 Å². The molecule has 1 aromatic carbocycles. The Balaban J connectivity index is 0.00000392. The third-order valence-electron chi connectivity index (χ3n) is 3.63. The van der Waals surface area contributed by atoms with Gasteiger partial charge in [0, 0.05) is 20.1 Å². The average molecular weight is 516 g/mol. The normalized spacial score (nSPS) is 12.5. The number of ether oxygens (including phenoxy) is 1. The first kappa shape index (κ1) is 24.2. The summed E-state index contributed by atoms with van der Waals surface area (Å²) in [5.74, 6) is 0.674. The topological polar surface area (TPSA) is 74.8 Å². The molecular formula is C20H29IN4O2S. The minimum absolute atomic E-state index is 0. The Kier molecular flexibility index (Phi) is 10.3. The average Bonchev–Trinajstić information content (AvgIpc) is 3.13. The number of hydrogen-bond acceptors (Lipinski definition) is 4. The van der Waals surface area contributed by atoms with Gasteiger partial charge in [-0.2, -0.15) is 11.3 Å². The number of aliphatic imine (C=N–C) groups is 1. The molecule has 0 fully saturated rings. The van der Waals surface area contributed by atoms with Crippen LogP contribution in [0.25, 0.3) is 0 Å². The predicted octanol–water partition coefficient (Wildman–Crippen LogP) is 4.30. The first-order chi connectivity index (χ1) is 12.9. The second kappa shape index (κ2) is 11.9. The molecule has 1 heterocycles. The van der Waals surface area contributed by atoms with Crippen LogP contribution in [0.5, 0.6) is 0 Å². The molecule has 0 saturated carbocycles. The molecule has 154 valence electrons. The van der Waals surface area contributed by atoms with Crippen molar-refractivity contribution >= 4 is 47.4 Å².